The van der Waals surface area contributed by atoms with Crippen molar-refractivity contribution in [2.24, 2.45) is 0 Å². The molecule has 7 nitrogen and oxygen atoms in total. The molecule has 0 unspecified atom stereocenters. The van der Waals surface area contributed by atoms with Crippen molar-refractivity contribution in [3.63, 3.8) is 0 Å². The second-order valence-corrected chi connectivity index (χ2v) is 7.73. The van der Waals surface area contributed by atoms with Crippen LogP contribution in [0.1, 0.15) is 24.2 Å². The van der Waals surface area contributed by atoms with Crippen molar-refractivity contribution in [3.05, 3.63) is 46.9 Å². The Balaban J connectivity index is 2.17. The van der Waals surface area contributed by atoms with Gasteiger partial charge < -0.3 is 9.47 Å². The van der Waals surface area contributed by atoms with Gasteiger partial charge in [0.05, 0.1) is 24.1 Å². The Morgan fingerprint density at radius 1 is 1.27 bits per heavy atom. The minimum Gasteiger partial charge on any atom is -0.474 e. The molecule has 2 aromatic rings. The average molecular weight is 403 g/mol. The highest BCUT2D eigenvalue weighted by Gasteiger charge is 2.16. The molecule has 1 amide bonds. The van der Waals surface area contributed by atoms with E-state index in [-0.39, 0.29) is 28.5 Å². The molecular formula is C16H16ClFN2O5S. The van der Waals surface area contributed by atoms with Gasteiger partial charge in [0.1, 0.15) is 22.3 Å². The van der Waals surface area contributed by atoms with E-state index in [2.05, 4.69) is 4.98 Å². The third-order valence-electron chi connectivity index (χ3n) is 2.83. The number of sulfonamides is 1. The van der Waals surface area contributed by atoms with E-state index in [1.54, 1.807) is 4.72 Å². The summed E-state index contributed by atoms with van der Waals surface area (Å²) in [5.74, 6) is -1.46. The molecule has 0 aliphatic rings. The number of carbonyl (C=O) groups is 1. The fourth-order valence-electron chi connectivity index (χ4n) is 1.88. The molecule has 26 heavy (non-hydrogen) atoms. The maximum absolute atomic E-state index is 14.1. The second-order valence-electron chi connectivity index (χ2n) is 5.57. The van der Waals surface area contributed by atoms with Crippen LogP contribution in [0.25, 0.3) is 0 Å². The van der Waals surface area contributed by atoms with Crippen LogP contribution in [0.2, 0.25) is 5.02 Å². The number of aromatic nitrogens is 1. The molecule has 0 radical (unpaired) electrons. The first kappa shape index (κ1) is 19.9. The number of hydrogen-bond acceptors (Lipinski definition) is 6. The van der Waals surface area contributed by atoms with Crippen LogP contribution in [0.3, 0.4) is 0 Å². The van der Waals surface area contributed by atoms with Gasteiger partial charge in [-0.1, -0.05) is 11.6 Å². The third-order valence-corrected chi connectivity index (χ3v) is 3.66. The predicted molar refractivity (Wildman–Crippen MR) is 93.8 cm³/mol. The Kier molecular flexibility index (Phi) is 6.04. The zero-order chi connectivity index (χ0) is 19.5. The average Bonchev–Trinajstić information content (AvgIpc) is 2.48. The van der Waals surface area contributed by atoms with E-state index in [0.717, 1.165) is 18.4 Å². The van der Waals surface area contributed by atoms with E-state index in [1.165, 1.54) is 18.3 Å². The van der Waals surface area contributed by atoms with Crippen molar-refractivity contribution in [1.29, 1.82) is 0 Å². The van der Waals surface area contributed by atoms with Crippen LogP contribution in [-0.4, -0.2) is 31.7 Å². The number of halogens is 2. The number of amides is 1. The number of hydrogen-bond donors (Lipinski definition) is 1. The highest BCUT2D eigenvalue weighted by atomic mass is 35.5. The van der Waals surface area contributed by atoms with Gasteiger partial charge in [-0.25, -0.2) is 22.5 Å². The quantitative estimate of drug-likeness (QED) is 0.797. The topological polar surface area (TPSA) is 94.6 Å². The molecule has 1 aromatic carbocycles. The van der Waals surface area contributed by atoms with Gasteiger partial charge in [0, 0.05) is 12.1 Å². The molecule has 0 spiro atoms. The molecule has 1 N–H and O–H groups in total. The Morgan fingerprint density at radius 3 is 2.50 bits per heavy atom. The summed E-state index contributed by atoms with van der Waals surface area (Å²) in [5.41, 5.74) is -0.431. The Hall–Kier alpha value is -2.39. The smallest absolute Gasteiger partial charge is 0.267 e. The molecule has 0 saturated carbocycles. The lowest BCUT2D eigenvalue weighted by Crippen LogP contribution is -2.29. The summed E-state index contributed by atoms with van der Waals surface area (Å²) in [6, 6.07) is 4.82. The molecule has 1 heterocycles. The van der Waals surface area contributed by atoms with Crippen LogP contribution in [0.15, 0.2) is 30.5 Å². The summed E-state index contributed by atoms with van der Waals surface area (Å²) < 4.78 is 48.7. The first-order valence-electron chi connectivity index (χ1n) is 7.37. The van der Waals surface area contributed by atoms with Gasteiger partial charge in [-0.3, -0.25) is 4.79 Å². The SMILES string of the molecule is CC(C)Oc1ncc(Oc2ccc(C(=O)NS(C)(=O)=O)c(F)c2)cc1Cl. The van der Waals surface area contributed by atoms with Crippen LogP contribution < -0.4 is 14.2 Å². The normalized spacial score (nSPS) is 11.3. The van der Waals surface area contributed by atoms with Crippen molar-refractivity contribution in [2.75, 3.05) is 6.26 Å². The van der Waals surface area contributed by atoms with E-state index < -0.39 is 27.3 Å². The number of nitrogens with one attached hydrogen (secondary N) is 1. The molecule has 0 bridgehead atoms. The van der Waals surface area contributed by atoms with Crippen molar-refractivity contribution in [1.82, 2.24) is 9.71 Å². The lowest BCUT2D eigenvalue weighted by atomic mass is 10.2. The van der Waals surface area contributed by atoms with Gasteiger partial charge in [0.2, 0.25) is 15.9 Å². The standard InChI is InChI=1S/C16H16ClFN2O5S/c1-9(2)24-16-13(17)6-11(8-19-16)25-10-4-5-12(14(18)7-10)15(21)20-26(3,22)23/h4-9H,1-3H3,(H,20,21). The van der Waals surface area contributed by atoms with Gasteiger partial charge in [-0.05, 0) is 26.0 Å². The molecular weight excluding hydrogens is 387 g/mol. The second kappa shape index (κ2) is 7.88. The minimum atomic E-state index is -3.80. The fourth-order valence-corrected chi connectivity index (χ4v) is 2.52. The zero-order valence-corrected chi connectivity index (χ0v) is 15.7. The number of benzene rings is 1. The Labute approximate surface area is 155 Å². The summed E-state index contributed by atoms with van der Waals surface area (Å²) in [4.78, 5) is 15.7. The summed E-state index contributed by atoms with van der Waals surface area (Å²) in [5, 5.41) is 0.223. The lowest BCUT2D eigenvalue weighted by Gasteiger charge is -2.12. The maximum atomic E-state index is 14.1. The van der Waals surface area contributed by atoms with E-state index in [4.69, 9.17) is 21.1 Å². The van der Waals surface area contributed by atoms with Crippen LogP contribution >= 0.6 is 11.6 Å². The van der Waals surface area contributed by atoms with Crippen molar-refractivity contribution >= 4 is 27.5 Å². The number of rotatable bonds is 6. The third kappa shape index (κ3) is 5.57. The Morgan fingerprint density at radius 2 is 1.96 bits per heavy atom. The molecule has 10 heteroatoms. The first-order valence-corrected chi connectivity index (χ1v) is 9.64. The van der Waals surface area contributed by atoms with E-state index >= 15 is 0 Å². The molecule has 2 rings (SSSR count). The van der Waals surface area contributed by atoms with Crippen LogP contribution in [0, 0.1) is 5.82 Å². The van der Waals surface area contributed by atoms with Gasteiger partial charge in [-0.2, -0.15) is 0 Å². The molecule has 0 fully saturated rings. The lowest BCUT2D eigenvalue weighted by molar-refractivity contribution is 0.0977. The van der Waals surface area contributed by atoms with E-state index in [9.17, 15) is 17.6 Å². The molecule has 0 atom stereocenters. The van der Waals surface area contributed by atoms with E-state index in [0.29, 0.717) is 0 Å². The van der Waals surface area contributed by atoms with Crippen LogP contribution in [0.4, 0.5) is 4.39 Å². The largest absolute Gasteiger partial charge is 0.474 e. The van der Waals surface area contributed by atoms with Gasteiger partial charge in [0.25, 0.3) is 5.91 Å². The first-order chi connectivity index (χ1) is 12.0. The number of nitrogens with zero attached hydrogens (tertiary/aromatic N) is 1. The minimum absolute atomic E-state index is 0.0776. The molecule has 1 aromatic heterocycles. The van der Waals surface area contributed by atoms with Gasteiger partial charge in [-0.15, -0.1) is 0 Å². The highest BCUT2D eigenvalue weighted by Crippen LogP contribution is 2.30. The van der Waals surface area contributed by atoms with Gasteiger partial charge in [0.15, 0.2) is 0 Å². The monoisotopic (exact) mass is 402 g/mol. The van der Waals surface area contributed by atoms with Crippen LogP contribution in [-0.2, 0) is 10.0 Å². The summed E-state index contributed by atoms with van der Waals surface area (Å²) in [6.45, 7) is 3.65. The maximum Gasteiger partial charge on any atom is 0.267 e. The molecule has 0 aliphatic heterocycles. The van der Waals surface area contributed by atoms with Gasteiger partial charge >= 0.3 is 0 Å². The van der Waals surface area contributed by atoms with Crippen molar-refractivity contribution < 1.29 is 27.1 Å². The summed E-state index contributed by atoms with van der Waals surface area (Å²) in [7, 11) is -3.80. The fraction of sp³-hybridized carbons (Fsp3) is 0.250. The highest BCUT2D eigenvalue weighted by molar-refractivity contribution is 7.89. The van der Waals surface area contributed by atoms with E-state index in [1.807, 2.05) is 13.8 Å². The zero-order valence-electron chi connectivity index (χ0n) is 14.1. The number of pyridine rings is 1. The molecule has 140 valence electrons. The summed E-state index contributed by atoms with van der Waals surface area (Å²) in [6.07, 6.45) is 2.04. The molecule has 0 saturated heterocycles. The number of carbonyl (C=O) groups excluding carboxylic acids is 1. The van der Waals surface area contributed by atoms with Crippen molar-refractivity contribution in [3.8, 4) is 17.4 Å². The number of ether oxygens (including phenoxy) is 2. The summed E-state index contributed by atoms with van der Waals surface area (Å²) >= 11 is 6.05. The van der Waals surface area contributed by atoms with Crippen LogP contribution in [0.5, 0.6) is 17.4 Å². The van der Waals surface area contributed by atoms with Crippen molar-refractivity contribution in [2.45, 2.75) is 20.0 Å². The Bertz CT molecular complexity index is 934. The predicted octanol–water partition coefficient (Wildman–Crippen LogP) is 3.14. The molecule has 0 aliphatic carbocycles.